The highest BCUT2D eigenvalue weighted by atomic mass is 32.1. The third-order valence-electron chi connectivity index (χ3n) is 2.55. The maximum Gasteiger partial charge on any atom is 0.262 e. The highest BCUT2D eigenvalue weighted by molar-refractivity contribution is 7.12. The van der Waals surface area contributed by atoms with Crippen LogP contribution in [-0.2, 0) is 6.54 Å². The molecule has 0 saturated carbocycles. The fourth-order valence-corrected chi connectivity index (χ4v) is 3.16. The molecule has 0 aliphatic rings. The molecule has 0 spiro atoms. The smallest absolute Gasteiger partial charge is 0.262 e. The number of amides is 1. The van der Waals surface area contributed by atoms with Crippen molar-refractivity contribution in [3.63, 3.8) is 0 Å². The van der Waals surface area contributed by atoms with Crippen LogP contribution < -0.4 is 5.32 Å². The van der Waals surface area contributed by atoms with Crippen LogP contribution in [0.5, 0.6) is 0 Å². The minimum Gasteiger partial charge on any atom is -0.384 e. The zero-order valence-corrected chi connectivity index (χ0v) is 12.0. The average molecular weight is 291 g/mol. The van der Waals surface area contributed by atoms with Crippen LogP contribution >= 0.6 is 22.7 Å². The molecule has 2 N–H and O–H groups in total. The summed E-state index contributed by atoms with van der Waals surface area (Å²) in [7, 11) is 0. The molecule has 3 nitrogen and oxygen atoms in total. The number of aliphatic hydroxyl groups excluding tert-OH is 1. The fraction of sp³-hybridized carbons (Fsp3) is 0.214. The Hall–Kier alpha value is -1.61. The van der Waals surface area contributed by atoms with E-state index in [-0.39, 0.29) is 12.5 Å². The Morgan fingerprint density at radius 3 is 2.84 bits per heavy atom. The van der Waals surface area contributed by atoms with Crippen molar-refractivity contribution in [2.45, 2.75) is 13.5 Å². The Bertz CT molecular complexity index is 631. The fourth-order valence-electron chi connectivity index (χ4n) is 1.54. The van der Waals surface area contributed by atoms with Gasteiger partial charge in [0.2, 0.25) is 0 Å². The number of hydrogen-bond donors (Lipinski definition) is 2. The van der Waals surface area contributed by atoms with E-state index in [2.05, 4.69) is 17.2 Å². The molecule has 0 unspecified atom stereocenters. The van der Waals surface area contributed by atoms with Crippen LogP contribution in [0.25, 0.3) is 0 Å². The summed E-state index contributed by atoms with van der Waals surface area (Å²) >= 11 is 2.99. The summed E-state index contributed by atoms with van der Waals surface area (Å²) in [5, 5.41) is 15.4. The lowest BCUT2D eigenvalue weighted by molar-refractivity contribution is 0.0955. The van der Waals surface area contributed by atoms with Crippen molar-refractivity contribution in [1.29, 1.82) is 0 Å². The van der Waals surface area contributed by atoms with Crippen molar-refractivity contribution >= 4 is 28.6 Å². The summed E-state index contributed by atoms with van der Waals surface area (Å²) in [4.78, 5) is 13.8. The summed E-state index contributed by atoms with van der Waals surface area (Å²) in [6.07, 6.45) is 0. The molecule has 0 atom stereocenters. The van der Waals surface area contributed by atoms with Gasteiger partial charge in [-0.1, -0.05) is 11.8 Å². The van der Waals surface area contributed by atoms with Crippen LogP contribution in [0.15, 0.2) is 22.9 Å². The third-order valence-corrected chi connectivity index (χ3v) is 4.49. The maximum absolute atomic E-state index is 12.1. The van der Waals surface area contributed by atoms with Gasteiger partial charge in [0, 0.05) is 10.4 Å². The number of aliphatic hydroxyl groups is 1. The first-order valence-corrected chi connectivity index (χ1v) is 7.46. The molecule has 2 aromatic heterocycles. The topological polar surface area (TPSA) is 49.3 Å². The van der Waals surface area contributed by atoms with Gasteiger partial charge in [-0.05, 0) is 35.4 Å². The molecule has 0 fully saturated rings. The standard InChI is InChI=1S/C14H13NO2S2/c1-10-4-7-18-12(10)9-15-14(17)13-11(3-2-6-16)5-8-19-13/h4-5,7-8,16H,6,9H2,1H3,(H,15,17). The minimum atomic E-state index is -0.203. The van der Waals surface area contributed by atoms with Crippen molar-refractivity contribution < 1.29 is 9.90 Å². The second-order valence-electron chi connectivity index (χ2n) is 3.83. The Kier molecular flexibility index (Phi) is 4.74. The van der Waals surface area contributed by atoms with Crippen LogP contribution in [0.3, 0.4) is 0 Å². The first-order chi connectivity index (χ1) is 9.22. The van der Waals surface area contributed by atoms with Crippen molar-refractivity contribution in [2.75, 3.05) is 6.61 Å². The monoisotopic (exact) mass is 291 g/mol. The second kappa shape index (κ2) is 6.53. The quantitative estimate of drug-likeness (QED) is 0.853. The number of carbonyl (C=O) groups is 1. The van der Waals surface area contributed by atoms with E-state index in [1.165, 1.54) is 16.9 Å². The van der Waals surface area contributed by atoms with Gasteiger partial charge in [-0.15, -0.1) is 22.7 Å². The summed E-state index contributed by atoms with van der Waals surface area (Å²) in [6, 6.07) is 3.83. The highest BCUT2D eigenvalue weighted by Crippen LogP contribution is 2.18. The normalized spacial score (nSPS) is 9.79. The van der Waals surface area contributed by atoms with E-state index in [0.29, 0.717) is 17.0 Å². The minimum absolute atomic E-state index is 0.120. The molecule has 0 radical (unpaired) electrons. The van der Waals surface area contributed by atoms with E-state index < -0.39 is 0 Å². The van der Waals surface area contributed by atoms with Crippen LogP contribution in [0.2, 0.25) is 0 Å². The van der Waals surface area contributed by atoms with Crippen LogP contribution in [0.1, 0.15) is 25.7 Å². The van der Waals surface area contributed by atoms with Gasteiger partial charge in [0.15, 0.2) is 0 Å². The number of hydrogen-bond acceptors (Lipinski definition) is 4. The number of nitrogens with one attached hydrogen (secondary N) is 1. The van der Waals surface area contributed by atoms with Crippen molar-refractivity contribution in [1.82, 2.24) is 5.32 Å². The first-order valence-electron chi connectivity index (χ1n) is 5.70. The van der Waals surface area contributed by atoms with Gasteiger partial charge in [0.25, 0.3) is 5.91 Å². The van der Waals surface area contributed by atoms with Gasteiger partial charge in [-0.25, -0.2) is 0 Å². The van der Waals surface area contributed by atoms with Crippen LogP contribution in [0, 0.1) is 18.8 Å². The third kappa shape index (κ3) is 3.44. The summed E-state index contributed by atoms with van der Waals surface area (Å²) in [5.74, 6) is 5.22. The van der Waals surface area contributed by atoms with E-state index in [9.17, 15) is 4.79 Å². The number of thiophene rings is 2. The summed E-state index contributed by atoms with van der Waals surface area (Å²) in [5.41, 5.74) is 1.86. The summed E-state index contributed by atoms with van der Waals surface area (Å²) < 4.78 is 0. The Morgan fingerprint density at radius 2 is 2.16 bits per heavy atom. The molecular weight excluding hydrogens is 278 g/mol. The van der Waals surface area contributed by atoms with Gasteiger partial charge >= 0.3 is 0 Å². The van der Waals surface area contributed by atoms with Gasteiger partial charge in [0.1, 0.15) is 11.5 Å². The number of rotatable bonds is 3. The van der Waals surface area contributed by atoms with E-state index in [0.717, 1.165) is 4.88 Å². The molecular formula is C14H13NO2S2. The lowest BCUT2D eigenvalue weighted by Gasteiger charge is -2.03. The molecule has 0 aliphatic heterocycles. The molecule has 2 rings (SSSR count). The zero-order valence-electron chi connectivity index (χ0n) is 10.4. The van der Waals surface area contributed by atoms with Crippen LogP contribution in [0.4, 0.5) is 0 Å². The van der Waals surface area contributed by atoms with Gasteiger partial charge in [0.05, 0.1) is 6.54 Å². The molecule has 1 amide bonds. The van der Waals surface area contributed by atoms with Crippen LogP contribution in [-0.4, -0.2) is 17.6 Å². The van der Waals surface area contributed by atoms with Gasteiger partial charge in [-0.3, -0.25) is 4.79 Å². The molecule has 5 heteroatoms. The first kappa shape index (κ1) is 13.8. The molecule has 0 aliphatic carbocycles. The molecule has 19 heavy (non-hydrogen) atoms. The molecule has 2 heterocycles. The van der Waals surface area contributed by atoms with E-state index in [1.807, 2.05) is 23.8 Å². The van der Waals surface area contributed by atoms with Crippen molar-refractivity contribution in [3.05, 3.63) is 43.8 Å². The predicted octanol–water partition coefficient (Wildman–Crippen LogP) is 2.39. The Balaban J connectivity index is 2.04. The largest absolute Gasteiger partial charge is 0.384 e. The Labute approximate surface area is 119 Å². The Morgan fingerprint density at radius 1 is 1.37 bits per heavy atom. The predicted molar refractivity (Wildman–Crippen MR) is 78.5 cm³/mol. The SMILES string of the molecule is Cc1ccsc1CNC(=O)c1sccc1C#CCO. The zero-order chi connectivity index (χ0) is 13.7. The molecule has 98 valence electrons. The van der Waals surface area contributed by atoms with E-state index in [4.69, 9.17) is 5.11 Å². The molecule has 0 aromatic carbocycles. The molecule has 0 bridgehead atoms. The van der Waals surface area contributed by atoms with Gasteiger partial charge in [-0.2, -0.15) is 0 Å². The van der Waals surface area contributed by atoms with Crippen molar-refractivity contribution in [3.8, 4) is 11.8 Å². The van der Waals surface area contributed by atoms with Gasteiger partial charge < -0.3 is 10.4 Å². The maximum atomic E-state index is 12.1. The van der Waals surface area contributed by atoms with E-state index in [1.54, 1.807) is 17.4 Å². The lowest BCUT2D eigenvalue weighted by Crippen LogP contribution is -2.22. The second-order valence-corrected chi connectivity index (χ2v) is 5.75. The summed E-state index contributed by atoms with van der Waals surface area (Å²) in [6.45, 7) is 2.36. The molecule has 2 aromatic rings. The average Bonchev–Trinajstić information content (AvgIpc) is 3.02. The number of carbonyl (C=O) groups excluding carboxylic acids is 1. The number of aryl methyl sites for hydroxylation is 1. The lowest BCUT2D eigenvalue weighted by atomic mass is 10.2. The molecule has 0 saturated heterocycles. The van der Waals surface area contributed by atoms with Crippen molar-refractivity contribution in [2.24, 2.45) is 0 Å². The highest BCUT2D eigenvalue weighted by Gasteiger charge is 2.12. The van der Waals surface area contributed by atoms with E-state index >= 15 is 0 Å².